The number of anilines is 1. The van der Waals surface area contributed by atoms with E-state index in [2.05, 4.69) is 39.0 Å². The fourth-order valence-corrected chi connectivity index (χ4v) is 3.05. The van der Waals surface area contributed by atoms with E-state index in [9.17, 15) is 0 Å². The van der Waals surface area contributed by atoms with Crippen molar-refractivity contribution in [1.82, 2.24) is 25.0 Å². The summed E-state index contributed by atoms with van der Waals surface area (Å²) in [4.78, 5) is 7.12. The van der Waals surface area contributed by atoms with E-state index in [1.54, 1.807) is 24.2 Å². The van der Waals surface area contributed by atoms with Crippen LogP contribution in [0, 0.1) is 11.8 Å². The summed E-state index contributed by atoms with van der Waals surface area (Å²) in [6.45, 7) is 4.68. The Balaban J connectivity index is 1.87. The zero-order valence-electron chi connectivity index (χ0n) is 14.8. The molecule has 8 nitrogen and oxygen atoms in total. The molecular formula is C18H20N6O2. The summed E-state index contributed by atoms with van der Waals surface area (Å²) >= 11 is 0. The molecule has 8 heteroatoms. The number of hydrogen-bond donors (Lipinski definition) is 1. The quantitative estimate of drug-likeness (QED) is 0.717. The molecule has 1 aliphatic heterocycles. The lowest BCUT2D eigenvalue weighted by atomic mass is 10.1. The highest BCUT2D eigenvalue weighted by molar-refractivity contribution is 5.85. The van der Waals surface area contributed by atoms with Gasteiger partial charge in [0.15, 0.2) is 11.5 Å². The van der Waals surface area contributed by atoms with Crippen molar-refractivity contribution in [3.63, 3.8) is 0 Å². The normalized spacial score (nSPS) is 17.3. The van der Waals surface area contributed by atoms with Gasteiger partial charge < -0.3 is 14.4 Å². The van der Waals surface area contributed by atoms with Crippen LogP contribution in [0.25, 0.3) is 16.9 Å². The first-order valence-corrected chi connectivity index (χ1v) is 8.48. The third-order valence-electron chi connectivity index (χ3n) is 4.34. The van der Waals surface area contributed by atoms with Crippen LogP contribution < -0.4 is 4.90 Å². The predicted molar refractivity (Wildman–Crippen MR) is 97.4 cm³/mol. The topological polar surface area (TPSA) is 81.1 Å². The summed E-state index contributed by atoms with van der Waals surface area (Å²) in [5, 5.41) is 12.3. The van der Waals surface area contributed by atoms with Crippen molar-refractivity contribution in [2.45, 2.75) is 13.0 Å². The molecular weight excluding hydrogens is 332 g/mol. The Morgan fingerprint density at radius 2 is 2.38 bits per heavy atom. The highest BCUT2D eigenvalue weighted by Crippen LogP contribution is 2.26. The second-order valence-electron chi connectivity index (χ2n) is 6.12. The van der Waals surface area contributed by atoms with Crippen molar-refractivity contribution in [2.24, 2.45) is 0 Å². The highest BCUT2D eigenvalue weighted by atomic mass is 16.5. The molecule has 1 N–H and O–H groups in total. The molecule has 0 spiro atoms. The lowest BCUT2D eigenvalue weighted by Gasteiger charge is -2.34. The van der Waals surface area contributed by atoms with Crippen LogP contribution in [0.5, 0.6) is 0 Å². The van der Waals surface area contributed by atoms with Crippen LogP contribution in [0.4, 0.5) is 5.82 Å². The molecule has 134 valence electrons. The number of H-pyrrole nitrogens is 1. The molecule has 0 aliphatic carbocycles. The standard InChI is InChI=1S/C18H20N6O2/c1-13-12-26-9-7-23(13)17-10-14(4-3-8-25-2)15-11-20-24(18(15)21-17)16-5-6-19-22-16/h5-6,10-11,13H,7-9,12H2,1-2H3,(H,19,22)/t13-/m1/s1. The van der Waals surface area contributed by atoms with E-state index in [-0.39, 0.29) is 6.04 Å². The number of morpholine rings is 1. The van der Waals surface area contributed by atoms with Crippen molar-refractivity contribution >= 4 is 16.9 Å². The van der Waals surface area contributed by atoms with E-state index < -0.39 is 0 Å². The van der Waals surface area contributed by atoms with Crippen LogP contribution in [0.2, 0.25) is 0 Å². The summed E-state index contributed by atoms with van der Waals surface area (Å²) in [5.74, 6) is 7.85. The Bertz CT molecular complexity index is 953. The summed E-state index contributed by atoms with van der Waals surface area (Å²) in [5.41, 5.74) is 1.62. The maximum atomic E-state index is 5.55. The Morgan fingerprint density at radius 1 is 1.46 bits per heavy atom. The van der Waals surface area contributed by atoms with E-state index >= 15 is 0 Å². The van der Waals surface area contributed by atoms with Crippen LogP contribution in [0.3, 0.4) is 0 Å². The maximum absolute atomic E-state index is 5.55. The number of aromatic amines is 1. The zero-order chi connectivity index (χ0) is 17.9. The smallest absolute Gasteiger partial charge is 0.168 e. The van der Waals surface area contributed by atoms with Gasteiger partial charge in [0.05, 0.1) is 37.0 Å². The summed E-state index contributed by atoms with van der Waals surface area (Å²) in [6, 6.07) is 4.12. The minimum Gasteiger partial charge on any atom is -0.377 e. The van der Waals surface area contributed by atoms with E-state index in [0.717, 1.165) is 34.8 Å². The molecule has 3 aromatic rings. The molecule has 1 fully saturated rings. The van der Waals surface area contributed by atoms with Gasteiger partial charge >= 0.3 is 0 Å². The molecule has 3 aromatic heterocycles. The minimum atomic E-state index is 0.247. The molecule has 0 saturated carbocycles. The Kier molecular flexibility index (Phi) is 4.56. The van der Waals surface area contributed by atoms with Gasteiger partial charge in [-0.05, 0) is 13.0 Å². The second-order valence-corrected chi connectivity index (χ2v) is 6.12. The third kappa shape index (κ3) is 3.03. The predicted octanol–water partition coefficient (Wildman–Crippen LogP) is 1.37. The second kappa shape index (κ2) is 7.15. The minimum absolute atomic E-state index is 0.247. The third-order valence-corrected chi connectivity index (χ3v) is 4.34. The summed E-state index contributed by atoms with van der Waals surface area (Å²) < 4.78 is 12.4. The van der Waals surface area contributed by atoms with E-state index in [0.29, 0.717) is 19.8 Å². The highest BCUT2D eigenvalue weighted by Gasteiger charge is 2.22. The first-order valence-electron chi connectivity index (χ1n) is 8.48. The molecule has 0 aromatic carbocycles. The van der Waals surface area contributed by atoms with Gasteiger partial charge in [-0.3, -0.25) is 5.10 Å². The van der Waals surface area contributed by atoms with Crippen molar-refractivity contribution < 1.29 is 9.47 Å². The number of ether oxygens (including phenoxy) is 2. The molecule has 0 radical (unpaired) electrons. The van der Waals surface area contributed by atoms with Gasteiger partial charge in [-0.2, -0.15) is 14.9 Å². The van der Waals surface area contributed by atoms with Gasteiger partial charge in [0.2, 0.25) is 0 Å². The van der Waals surface area contributed by atoms with Crippen molar-refractivity contribution in [2.75, 3.05) is 38.4 Å². The van der Waals surface area contributed by atoms with Crippen molar-refractivity contribution in [1.29, 1.82) is 0 Å². The van der Waals surface area contributed by atoms with Crippen molar-refractivity contribution in [3.8, 4) is 17.7 Å². The summed E-state index contributed by atoms with van der Waals surface area (Å²) in [6.07, 6.45) is 3.47. The van der Waals surface area contributed by atoms with Gasteiger partial charge in [-0.15, -0.1) is 0 Å². The molecule has 1 saturated heterocycles. The number of methoxy groups -OCH3 is 1. The average Bonchev–Trinajstić information content (AvgIpc) is 3.31. The SMILES string of the molecule is COCC#Cc1cc(N2CCOC[C@H]2C)nc2c1cnn2-c1ccn[nH]1. The largest absolute Gasteiger partial charge is 0.377 e. The van der Waals surface area contributed by atoms with Gasteiger partial charge in [-0.1, -0.05) is 11.8 Å². The molecule has 1 atom stereocenters. The fraction of sp³-hybridized carbons (Fsp3) is 0.389. The number of hydrogen-bond acceptors (Lipinski definition) is 6. The molecule has 26 heavy (non-hydrogen) atoms. The van der Waals surface area contributed by atoms with Crippen molar-refractivity contribution in [3.05, 3.63) is 30.1 Å². The molecule has 4 heterocycles. The zero-order valence-corrected chi connectivity index (χ0v) is 14.8. The van der Waals surface area contributed by atoms with Gasteiger partial charge in [0.25, 0.3) is 0 Å². The van der Waals surface area contributed by atoms with Gasteiger partial charge in [0, 0.05) is 25.3 Å². The lowest BCUT2D eigenvalue weighted by Crippen LogP contribution is -2.44. The molecule has 1 aliphatic rings. The first kappa shape index (κ1) is 16.6. The number of rotatable bonds is 3. The van der Waals surface area contributed by atoms with Crippen LogP contribution in [0.1, 0.15) is 12.5 Å². The van der Waals surface area contributed by atoms with E-state index in [1.807, 2.05) is 12.1 Å². The number of fused-ring (bicyclic) bond motifs is 1. The van der Waals surface area contributed by atoms with E-state index in [4.69, 9.17) is 14.5 Å². The number of nitrogens with zero attached hydrogens (tertiary/aromatic N) is 5. The van der Waals surface area contributed by atoms with Crippen LogP contribution in [-0.4, -0.2) is 64.5 Å². The molecule has 0 unspecified atom stereocenters. The Hall–Kier alpha value is -2.89. The Morgan fingerprint density at radius 3 is 3.15 bits per heavy atom. The van der Waals surface area contributed by atoms with Crippen LogP contribution in [-0.2, 0) is 9.47 Å². The van der Waals surface area contributed by atoms with Crippen LogP contribution >= 0.6 is 0 Å². The Labute approximate surface area is 151 Å². The maximum Gasteiger partial charge on any atom is 0.168 e. The monoisotopic (exact) mass is 352 g/mol. The van der Waals surface area contributed by atoms with Gasteiger partial charge in [0.1, 0.15) is 12.4 Å². The summed E-state index contributed by atoms with van der Waals surface area (Å²) in [7, 11) is 1.63. The number of pyridine rings is 1. The number of aromatic nitrogens is 5. The molecule has 0 amide bonds. The number of nitrogens with one attached hydrogen (secondary N) is 1. The average molecular weight is 352 g/mol. The molecule has 4 rings (SSSR count). The molecule has 0 bridgehead atoms. The first-order chi connectivity index (χ1) is 12.8. The van der Waals surface area contributed by atoms with Crippen LogP contribution in [0.15, 0.2) is 24.5 Å². The van der Waals surface area contributed by atoms with Gasteiger partial charge in [-0.25, -0.2) is 4.98 Å². The fourth-order valence-electron chi connectivity index (χ4n) is 3.05. The lowest BCUT2D eigenvalue weighted by molar-refractivity contribution is 0.0985. The van der Waals surface area contributed by atoms with E-state index in [1.165, 1.54) is 0 Å².